The molecule has 0 radical (unpaired) electrons. The van der Waals surface area contributed by atoms with Gasteiger partial charge in [-0.15, -0.1) is 0 Å². The van der Waals surface area contributed by atoms with Crippen LogP contribution in [0, 0.1) is 0 Å². The SMILES string of the molecule is O=C1CCc2cc(OCCCC=NOSc3ccc(-c4ccccc4)cc3)ccc2N1. The minimum absolute atomic E-state index is 0.0741. The Morgan fingerprint density at radius 3 is 2.61 bits per heavy atom. The first kappa shape index (κ1) is 21.0. The molecular weight excluding hydrogens is 408 g/mol. The molecule has 6 heteroatoms. The van der Waals surface area contributed by atoms with Crippen LogP contribution in [0.3, 0.4) is 0 Å². The number of amides is 1. The van der Waals surface area contributed by atoms with Gasteiger partial charge in [0, 0.05) is 18.3 Å². The van der Waals surface area contributed by atoms with Gasteiger partial charge in [0.1, 0.15) is 17.8 Å². The van der Waals surface area contributed by atoms with E-state index in [-0.39, 0.29) is 5.91 Å². The molecule has 4 rings (SSSR count). The smallest absolute Gasteiger partial charge is 0.224 e. The van der Waals surface area contributed by atoms with Crippen molar-refractivity contribution in [1.29, 1.82) is 0 Å². The van der Waals surface area contributed by atoms with Crippen LogP contribution in [0.5, 0.6) is 5.75 Å². The molecule has 0 atom stereocenters. The summed E-state index contributed by atoms with van der Waals surface area (Å²) in [5, 5.41) is 6.88. The summed E-state index contributed by atoms with van der Waals surface area (Å²) in [6.07, 6.45) is 4.67. The number of nitrogens with one attached hydrogen (secondary N) is 1. The molecule has 1 heterocycles. The van der Waals surface area contributed by atoms with Gasteiger partial charge in [0.05, 0.1) is 11.5 Å². The van der Waals surface area contributed by atoms with E-state index >= 15 is 0 Å². The van der Waals surface area contributed by atoms with Gasteiger partial charge in [-0.25, -0.2) is 0 Å². The second-order valence-corrected chi connectivity index (χ2v) is 7.98. The van der Waals surface area contributed by atoms with Crippen LogP contribution >= 0.6 is 12.0 Å². The zero-order chi connectivity index (χ0) is 21.3. The number of aryl methyl sites for hydroxylation is 1. The van der Waals surface area contributed by atoms with Crippen LogP contribution in [-0.4, -0.2) is 18.7 Å². The summed E-state index contributed by atoms with van der Waals surface area (Å²) in [4.78, 5) is 12.4. The molecule has 3 aromatic rings. The number of carbonyl (C=O) groups excluding carboxylic acids is 1. The predicted molar refractivity (Wildman–Crippen MR) is 125 cm³/mol. The quantitative estimate of drug-likeness (QED) is 0.192. The minimum atomic E-state index is 0.0741. The average Bonchev–Trinajstić information content (AvgIpc) is 2.82. The first-order valence-electron chi connectivity index (χ1n) is 10.3. The highest BCUT2D eigenvalue weighted by atomic mass is 32.2. The van der Waals surface area contributed by atoms with E-state index in [0.29, 0.717) is 13.0 Å². The van der Waals surface area contributed by atoms with Gasteiger partial charge in [0.2, 0.25) is 5.91 Å². The van der Waals surface area contributed by atoms with E-state index in [1.165, 1.54) is 23.2 Å². The highest BCUT2D eigenvalue weighted by Gasteiger charge is 2.14. The van der Waals surface area contributed by atoms with E-state index in [2.05, 4.69) is 34.7 Å². The van der Waals surface area contributed by atoms with Gasteiger partial charge >= 0.3 is 0 Å². The Kier molecular flexibility index (Phi) is 7.24. The van der Waals surface area contributed by atoms with E-state index in [0.717, 1.165) is 41.2 Å². The maximum Gasteiger partial charge on any atom is 0.224 e. The number of anilines is 1. The lowest BCUT2D eigenvalue weighted by Crippen LogP contribution is -2.18. The minimum Gasteiger partial charge on any atom is -0.494 e. The van der Waals surface area contributed by atoms with Gasteiger partial charge in [0.25, 0.3) is 0 Å². The molecule has 1 aliphatic rings. The fraction of sp³-hybridized carbons (Fsp3) is 0.200. The zero-order valence-electron chi connectivity index (χ0n) is 17.1. The van der Waals surface area contributed by atoms with Gasteiger partial charge < -0.3 is 14.3 Å². The second kappa shape index (κ2) is 10.7. The van der Waals surface area contributed by atoms with Crippen molar-refractivity contribution in [1.82, 2.24) is 0 Å². The van der Waals surface area contributed by atoms with Crippen molar-refractivity contribution in [3.63, 3.8) is 0 Å². The number of ether oxygens (including phenoxy) is 1. The molecule has 0 unspecified atom stereocenters. The third kappa shape index (κ3) is 6.12. The van der Waals surface area contributed by atoms with Crippen LogP contribution in [0.1, 0.15) is 24.8 Å². The first-order chi connectivity index (χ1) is 15.3. The molecule has 1 amide bonds. The molecular formula is C25H24N2O3S. The number of nitrogens with zero attached hydrogens (tertiary/aromatic N) is 1. The van der Waals surface area contributed by atoms with Gasteiger partial charge in [-0.2, -0.15) is 0 Å². The average molecular weight is 433 g/mol. The van der Waals surface area contributed by atoms with E-state index in [1.54, 1.807) is 6.21 Å². The number of oxime groups is 1. The third-order valence-electron chi connectivity index (χ3n) is 4.93. The summed E-state index contributed by atoms with van der Waals surface area (Å²) >= 11 is 1.24. The highest BCUT2D eigenvalue weighted by Crippen LogP contribution is 2.27. The van der Waals surface area contributed by atoms with Crippen molar-refractivity contribution in [2.24, 2.45) is 5.16 Å². The van der Waals surface area contributed by atoms with Crippen LogP contribution in [0.4, 0.5) is 5.69 Å². The van der Waals surface area contributed by atoms with Crippen molar-refractivity contribution in [3.05, 3.63) is 78.4 Å². The second-order valence-electron chi connectivity index (χ2n) is 7.19. The number of fused-ring (bicyclic) bond motifs is 1. The molecule has 0 saturated heterocycles. The molecule has 0 fully saturated rings. The van der Waals surface area contributed by atoms with Gasteiger partial charge in [0.15, 0.2) is 0 Å². The molecule has 0 saturated carbocycles. The van der Waals surface area contributed by atoms with Crippen molar-refractivity contribution in [2.75, 3.05) is 11.9 Å². The van der Waals surface area contributed by atoms with Crippen LogP contribution in [0.15, 0.2) is 82.8 Å². The summed E-state index contributed by atoms with van der Waals surface area (Å²) < 4.78 is 11.1. The van der Waals surface area contributed by atoms with E-state index in [1.807, 2.05) is 48.5 Å². The molecule has 5 nitrogen and oxygen atoms in total. The number of hydrogen-bond acceptors (Lipinski definition) is 5. The molecule has 158 valence electrons. The molecule has 0 aromatic heterocycles. The summed E-state index contributed by atoms with van der Waals surface area (Å²) in [6, 6.07) is 24.3. The number of unbranched alkanes of at least 4 members (excludes halogenated alkanes) is 1. The van der Waals surface area contributed by atoms with Crippen LogP contribution in [0.25, 0.3) is 11.1 Å². The summed E-state index contributed by atoms with van der Waals surface area (Å²) in [5.74, 6) is 0.905. The summed E-state index contributed by atoms with van der Waals surface area (Å²) in [5.41, 5.74) is 4.39. The maximum atomic E-state index is 11.4. The Balaban J connectivity index is 1.13. The number of rotatable bonds is 9. The molecule has 0 aliphatic carbocycles. The highest BCUT2D eigenvalue weighted by molar-refractivity contribution is 7.94. The first-order valence-corrected chi connectivity index (χ1v) is 11.1. The third-order valence-corrected chi connectivity index (χ3v) is 5.56. The van der Waals surface area contributed by atoms with Crippen molar-refractivity contribution >= 4 is 29.9 Å². The number of hydrogen-bond donors (Lipinski definition) is 1. The molecule has 3 aromatic carbocycles. The van der Waals surface area contributed by atoms with E-state index in [9.17, 15) is 4.79 Å². The molecule has 0 bridgehead atoms. The van der Waals surface area contributed by atoms with Crippen LogP contribution in [0.2, 0.25) is 0 Å². The van der Waals surface area contributed by atoms with Crippen molar-refractivity contribution in [2.45, 2.75) is 30.6 Å². The predicted octanol–water partition coefficient (Wildman–Crippen LogP) is 6.11. The Bertz CT molecular complexity index is 1040. The standard InChI is InChI=1S/C25H24N2O3S/c28-25-15-10-21-18-22(11-14-24(21)27-25)29-17-5-4-16-26-30-31-23-12-8-20(9-13-23)19-6-2-1-3-7-19/h1-3,6-9,11-14,16,18H,4-5,10,15,17H2,(H,27,28). The Morgan fingerprint density at radius 2 is 1.77 bits per heavy atom. The Hall–Kier alpha value is -3.25. The van der Waals surface area contributed by atoms with Gasteiger partial charge in [-0.3, -0.25) is 4.79 Å². The Labute approximate surface area is 186 Å². The fourth-order valence-corrected chi connectivity index (χ4v) is 3.73. The summed E-state index contributed by atoms with van der Waals surface area (Å²) in [6.45, 7) is 0.602. The van der Waals surface area contributed by atoms with Gasteiger partial charge in [-0.1, -0.05) is 47.6 Å². The lowest BCUT2D eigenvalue weighted by molar-refractivity contribution is -0.116. The van der Waals surface area contributed by atoms with Crippen LogP contribution in [-0.2, 0) is 15.5 Å². The maximum absolute atomic E-state index is 11.4. The van der Waals surface area contributed by atoms with Crippen LogP contribution < -0.4 is 10.1 Å². The topological polar surface area (TPSA) is 59.9 Å². The molecule has 1 N–H and O–H groups in total. The fourth-order valence-electron chi connectivity index (χ4n) is 3.30. The molecule has 1 aliphatic heterocycles. The van der Waals surface area contributed by atoms with Gasteiger partial charge in [-0.05, 0) is 66.3 Å². The molecule has 31 heavy (non-hydrogen) atoms. The zero-order valence-corrected chi connectivity index (χ0v) is 17.9. The van der Waals surface area contributed by atoms with E-state index < -0.39 is 0 Å². The van der Waals surface area contributed by atoms with Crippen molar-refractivity contribution in [3.8, 4) is 16.9 Å². The largest absolute Gasteiger partial charge is 0.494 e. The normalized spacial score (nSPS) is 13.0. The monoisotopic (exact) mass is 432 g/mol. The number of carbonyl (C=O) groups is 1. The lowest BCUT2D eigenvalue weighted by Gasteiger charge is -2.17. The van der Waals surface area contributed by atoms with E-state index in [4.69, 9.17) is 9.02 Å². The Morgan fingerprint density at radius 1 is 0.968 bits per heavy atom. The lowest BCUT2D eigenvalue weighted by atomic mass is 10.0. The van der Waals surface area contributed by atoms with Crippen molar-refractivity contribution < 1.29 is 13.8 Å². The summed E-state index contributed by atoms with van der Waals surface area (Å²) in [7, 11) is 0. The molecule has 0 spiro atoms. The number of benzene rings is 3.